The third-order valence-electron chi connectivity index (χ3n) is 4.81. The Labute approximate surface area is 109 Å². The Morgan fingerprint density at radius 2 is 2.06 bits per heavy atom. The molecular weight excluding hydrogens is 230 g/mol. The van der Waals surface area contributed by atoms with Crippen LogP contribution in [0.4, 0.5) is 0 Å². The van der Waals surface area contributed by atoms with E-state index in [0.29, 0.717) is 44.7 Å². The highest BCUT2D eigenvalue weighted by molar-refractivity contribution is 5.75. The van der Waals surface area contributed by atoms with E-state index in [1.54, 1.807) is 0 Å². The van der Waals surface area contributed by atoms with Crippen molar-refractivity contribution in [1.29, 1.82) is 0 Å². The number of rotatable bonds is 4. The molecule has 0 saturated carbocycles. The summed E-state index contributed by atoms with van der Waals surface area (Å²) in [6.07, 6.45) is 4.84. The van der Waals surface area contributed by atoms with E-state index in [1.165, 1.54) is 12.8 Å². The maximum Gasteiger partial charge on any atom is 0.311 e. The summed E-state index contributed by atoms with van der Waals surface area (Å²) < 4.78 is 5.34. The molecular formula is C14H25NO3. The minimum atomic E-state index is -0.639. The maximum atomic E-state index is 11.7. The van der Waals surface area contributed by atoms with E-state index in [-0.39, 0.29) is 0 Å². The fraction of sp³-hybridized carbons (Fsp3) is 0.929. The second kappa shape index (κ2) is 5.57. The zero-order valence-electron chi connectivity index (χ0n) is 11.5. The second-order valence-corrected chi connectivity index (χ2v) is 5.86. The van der Waals surface area contributed by atoms with E-state index in [1.807, 2.05) is 0 Å². The van der Waals surface area contributed by atoms with Gasteiger partial charge in [0.2, 0.25) is 0 Å². The van der Waals surface area contributed by atoms with Crippen LogP contribution in [0.1, 0.15) is 46.0 Å². The first kappa shape index (κ1) is 13.8. The molecule has 2 rings (SSSR count). The zero-order valence-corrected chi connectivity index (χ0v) is 11.5. The standard InChI is InChI=1S/C14H25NO3/c1-3-12-5-4-11(2)15(12)10-14(13(16)17)6-8-18-9-7-14/h11-12H,3-10H2,1-2H3,(H,16,17). The van der Waals surface area contributed by atoms with Crippen LogP contribution in [0.15, 0.2) is 0 Å². The van der Waals surface area contributed by atoms with E-state index in [4.69, 9.17) is 4.74 Å². The van der Waals surface area contributed by atoms with Crippen molar-refractivity contribution in [2.45, 2.75) is 58.0 Å². The van der Waals surface area contributed by atoms with Crippen LogP contribution < -0.4 is 0 Å². The third-order valence-corrected chi connectivity index (χ3v) is 4.81. The molecule has 2 aliphatic heterocycles. The van der Waals surface area contributed by atoms with Crippen molar-refractivity contribution in [3.8, 4) is 0 Å². The van der Waals surface area contributed by atoms with Crippen LogP contribution in [0.3, 0.4) is 0 Å². The van der Waals surface area contributed by atoms with Crippen molar-refractivity contribution < 1.29 is 14.6 Å². The van der Waals surface area contributed by atoms with Gasteiger partial charge >= 0.3 is 5.97 Å². The average Bonchev–Trinajstić information content (AvgIpc) is 2.71. The minimum Gasteiger partial charge on any atom is -0.481 e. The van der Waals surface area contributed by atoms with E-state index in [2.05, 4.69) is 18.7 Å². The first-order valence-electron chi connectivity index (χ1n) is 7.16. The first-order valence-corrected chi connectivity index (χ1v) is 7.16. The van der Waals surface area contributed by atoms with E-state index >= 15 is 0 Å². The molecule has 0 aromatic rings. The summed E-state index contributed by atoms with van der Waals surface area (Å²) in [6.45, 7) is 6.31. The molecule has 0 bridgehead atoms. The molecule has 2 saturated heterocycles. The summed E-state index contributed by atoms with van der Waals surface area (Å²) in [5.41, 5.74) is -0.579. The summed E-state index contributed by atoms with van der Waals surface area (Å²) in [5.74, 6) is -0.639. The van der Waals surface area contributed by atoms with E-state index < -0.39 is 11.4 Å². The number of carboxylic acids is 1. The van der Waals surface area contributed by atoms with Crippen LogP contribution in [0.5, 0.6) is 0 Å². The largest absolute Gasteiger partial charge is 0.481 e. The Morgan fingerprint density at radius 1 is 1.39 bits per heavy atom. The zero-order chi connectivity index (χ0) is 13.2. The van der Waals surface area contributed by atoms with E-state index in [0.717, 1.165) is 6.42 Å². The summed E-state index contributed by atoms with van der Waals surface area (Å²) in [4.78, 5) is 14.1. The highest BCUT2D eigenvalue weighted by Gasteiger charge is 2.44. The summed E-state index contributed by atoms with van der Waals surface area (Å²) in [5, 5.41) is 9.61. The van der Waals surface area contributed by atoms with Gasteiger partial charge in [-0.15, -0.1) is 0 Å². The molecule has 2 atom stereocenters. The van der Waals surface area contributed by atoms with Crippen LogP contribution in [-0.4, -0.2) is 47.8 Å². The van der Waals surface area contributed by atoms with Crippen LogP contribution in [-0.2, 0) is 9.53 Å². The SMILES string of the molecule is CCC1CCC(C)N1CC1(C(=O)O)CCOCC1. The number of likely N-dealkylation sites (tertiary alicyclic amines) is 1. The number of nitrogens with zero attached hydrogens (tertiary/aromatic N) is 1. The summed E-state index contributed by atoms with van der Waals surface area (Å²) in [6, 6.07) is 1.09. The average molecular weight is 255 g/mol. The molecule has 2 unspecified atom stereocenters. The Balaban J connectivity index is 2.10. The fourth-order valence-corrected chi connectivity index (χ4v) is 3.40. The topological polar surface area (TPSA) is 49.8 Å². The van der Waals surface area contributed by atoms with Crippen molar-refractivity contribution in [3.05, 3.63) is 0 Å². The molecule has 104 valence electrons. The van der Waals surface area contributed by atoms with E-state index in [9.17, 15) is 9.90 Å². The lowest BCUT2D eigenvalue weighted by Crippen LogP contribution is -2.49. The smallest absolute Gasteiger partial charge is 0.311 e. The van der Waals surface area contributed by atoms with Crippen LogP contribution >= 0.6 is 0 Å². The number of hydrogen-bond acceptors (Lipinski definition) is 3. The molecule has 4 nitrogen and oxygen atoms in total. The minimum absolute atomic E-state index is 0.522. The Hall–Kier alpha value is -0.610. The molecule has 0 aliphatic carbocycles. The predicted molar refractivity (Wildman–Crippen MR) is 69.6 cm³/mol. The maximum absolute atomic E-state index is 11.7. The van der Waals surface area contributed by atoms with Gasteiger partial charge in [0.1, 0.15) is 0 Å². The molecule has 2 fully saturated rings. The van der Waals surface area contributed by atoms with Crippen LogP contribution in [0.2, 0.25) is 0 Å². The van der Waals surface area contributed by atoms with Crippen molar-refractivity contribution in [2.75, 3.05) is 19.8 Å². The molecule has 18 heavy (non-hydrogen) atoms. The Morgan fingerprint density at radius 3 is 2.61 bits per heavy atom. The quantitative estimate of drug-likeness (QED) is 0.836. The normalized spacial score (nSPS) is 32.6. The molecule has 2 aliphatic rings. The number of carbonyl (C=O) groups is 1. The van der Waals surface area contributed by atoms with Gasteiger partial charge in [-0.1, -0.05) is 6.92 Å². The van der Waals surface area contributed by atoms with Gasteiger partial charge in [0, 0.05) is 31.8 Å². The van der Waals surface area contributed by atoms with Crippen molar-refractivity contribution >= 4 is 5.97 Å². The highest BCUT2D eigenvalue weighted by atomic mass is 16.5. The molecule has 0 radical (unpaired) electrons. The number of aliphatic carboxylic acids is 1. The van der Waals surface area contributed by atoms with Gasteiger partial charge in [0.15, 0.2) is 0 Å². The molecule has 4 heteroatoms. The van der Waals surface area contributed by atoms with Gasteiger partial charge in [-0.3, -0.25) is 9.69 Å². The van der Waals surface area contributed by atoms with Crippen LogP contribution in [0.25, 0.3) is 0 Å². The monoisotopic (exact) mass is 255 g/mol. The first-order chi connectivity index (χ1) is 8.59. The third kappa shape index (κ3) is 2.54. The Kier molecular flexibility index (Phi) is 4.28. The van der Waals surface area contributed by atoms with Gasteiger partial charge in [0.05, 0.1) is 5.41 Å². The second-order valence-electron chi connectivity index (χ2n) is 5.86. The van der Waals surface area contributed by atoms with Gasteiger partial charge < -0.3 is 9.84 Å². The molecule has 0 aromatic heterocycles. The van der Waals surface area contributed by atoms with Gasteiger partial charge in [0.25, 0.3) is 0 Å². The summed E-state index contributed by atoms with van der Waals surface area (Å²) in [7, 11) is 0. The van der Waals surface area contributed by atoms with Crippen molar-refractivity contribution in [2.24, 2.45) is 5.41 Å². The lowest BCUT2D eigenvalue weighted by Gasteiger charge is -2.39. The van der Waals surface area contributed by atoms with Gasteiger partial charge in [-0.25, -0.2) is 0 Å². The molecule has 0 amide bonds. The lowest BCUT2D eigenvalue weighted by molar-refractivity contribution is -0.157. The van der Waals surface area contributed by atoms with Gasteiger partial charge in [-0.05, 0) is 39.0 Å². The van der Waals surface area contributed by atoms with Crippen molar-refractivity contribution in [1.82, 2.24) is 4.90 Å². The van der Waals surface area contributed by atoms with Crippen LogP contribution in [0, 0.1) is 5.41 Å². The molecule has 0 spiro atoms. The fourth-order valence-electron chi connectivity index (χ4n) is 3.40. The molecule has 2 heterocycles. The molecule has 1 N–H and O–H groups in total. The van der Waals surface area contributed by atoms with Gasteiger partial charge in [-0.2, -0.15) is 0 Å². The summed E-state index contributed by atoms with van der Waals surface area (Å²) >= 11 is 0. The number of carboxylic acid groups (broad SMARTS) is 1. The predicted octanol–water partition coefficient (Wildman–Crippen LogP) is 2.13. The molecule has 0 aromatic carbocycles. The highest BCUT2D eigenvalue weighted by Crippen LogP contribution is 2.36. The van der Waals surface area contributed by atoms with Crippen molar-refractivity contribution in [3.63, 3.8) is 0 Å². The number of hydrogen-bond donors (Lipinski definition) is 1. The lowest BCUT2D eigenvalue weighted by atomic mass is 9.79. The Bertz CT molecular complexity index is 299. The number of ether oxygens (including phenoxy) is 1.